The topological polar surface area (TPSA) is 57.8 Å². The molecule has 0 atom stereocenters. The second-order valence-corrected chi connectivity index (χ2v) is 6.09. The molecule has 22 heavy (non-hydrogen) atoms. The van der Waals surface area contributed by atoms with Crippen molar-refractivity contribution < 1.29 is 4.79 Å². The number of hydrogen-bond donors (Lipinski definition) is 2. The summed E-state index contributed by atoms with van der Waals surface area (Å²) in [5.41, 5.74) is 3.11. The third-order valence-corrected chi connectivity index (χ3v) is 3.76. The number of hydrogen-bond acceptors (Lipinski definition) is 2. The Balaban J connectivity index is 1.74. The minimum Gasteiger partial charge on any atom is -0.356 e. The summed E-state index contributed by atoms with van der Waals surface area (Å²) in [5, 5.41) is 5.31. The highest BCUT2D eigenvalue weighted by Crippen LogP contribution is 2.25. The van der Waals surface area contributed by atoms with Crippen LogP contribution in [0.5, 0.6) is 0 Å². The number of benzene rings is 1. The largest absolute Gasteiger partial charge is 0.356 e. The molecule has 0 aliphatic heterocycles. The number of pyridine rings is 1. The number of para-hydroxylation sites is 1. The normalized spacial score (nSPS) is 11.4. The van der Waals surface area contributed by atoms with Gasteiger partial charge in [-0.3, -0.25) is 9.78 Å². The lowest BCUT2D eigenvalue weighted by Gasteiger charge is -2.07. The van der Waals surface area contributed by atoms with E-state index >= 15 is 0 Å². The highest BCUT2D eigenvalue weighted by molar-refractivity contribution is 6.06. The summed E-state index contributed by atoms with van der Waals surface area (Å²) >= 11 is 0. The van der Waals surface area contributed by atoms with Crippen molar-refractivity contribution in [2.24, 2.45) is 5.92 Å². The van der Waals surface area contributed by atoms with Crippen LogP contribution in [0.3, 0.4) is 0 Å². The molecule has 0 fully saturated rings. The molecule has 1 aromatic carbocycles. The van der Waals surface area contributed by atoms with Gasteiger partial charge in [0.15, 0.2) is 0 Å². The Kier molecular flexibility index (Phi) is 4.09. The summed E-state index contributed by atoms with van der Waals surface area (Å²) in [6.07, 6.45) is 3.00. The maximum absolute atomic E-state index is 11.8. The second-order valence-electron chi connectivity index (χ2n) is 6.09. The van der Waals surface area contributed by atoms with E-state index < -0.39 is 0 Å². The second kappa shape index (κ2) is 6.18. The molecular weight excluding hydrogens is 274 g/mol. The molecule has 0 aliphatic rings. The van der Waals surface area contributed by atoms with Gasteiger partial charge in [-0.1, -0.05) is 32.0 Å². The number of aromatic nitrogens is 2. The van der Waals surface area contributed by atoms with Crippen LogP contribution in [0, 0.1) is 5.92 Å². The Morgan fingerprint density at radius 2 is 2.05 bits per heavy atom. The zero-order valence-electron chi connectivity index (χ0n) is 13.0. The van der Waals surface area contributed by atoms with Crippen LogP contribution in [0.25, 0.3) is 21.8 Å². The lowest BCUT2D eigenvalue weighted by molar-refractivity contribution is -0.121. The number of rotatable bonds is 5. The Labute approximate surface area is 129 Å². The smallest absolute Gasteiger partial charge is 0.220 e. The van der Waals surface area contributed by atoms with E-state index in [1.807, 2.05) is 18.3 Å². The highest BCUT2D eigenvalue weighted by Gasteiger charge is 2.07. The number of carbonyl (C=O) groups is 1. The van der Waals surface area contributed by atoms with Crippen molar-refractivity contribution in [3.63, 3.8) is 0 Å². The standard InChI is InChI=1S/C18H21N3O/c1-12(2)10-20-18(22)8-7-13-9-15-14-5-3-4-6-16(14)21-17(15)11-19-13/h3-6,9,11-12,21H,7-8,10H2,1-2H3,(H,20,22). The zero-order valence-corrected chi connectivity index (χ0v) is 13.0. The van der Waals surface area contributed by atoms with Crippen LogP contribution >= 0.6 is 0 Å². The lowest BCUT2D eigenvalue weighted by atomic mass is 10.1. The number of carbonyl (C=O) groups excluding carboxylic acids is 1. The van der Waals surface area contributed by atoms with Gasteiger partial charge in [-0.05, 0) is 24.5 Å². The summed E-state index contributed by atoms with van der Waals surface area (Å²) < 4.78 is 0. The molecule has 0 bridgehead atoms. The van der Waals surface area contributed by atoms with Crippen molar-refractivity contribution >= 4 is 27.7 Å². The van der Waals surface area contributed by atoms with Gasteiger partial charge in [0.05, 0.1) is 11.7 Å². The first-order valence-corrected chi connectivity index (χ1v) is 7.75. The quantitative estimate of drug-likeness (QED) is 0.757. The minimum atomic E-state index is 0.0922. The Morgan fingerprint density at radius 1 is 1.23 bits per heavy atom. The van der Waals surface area contributed by atoms with Crippen LogP contribution in [-0.4, -0.2) is 22.4 Å². The number of amides is 1. The molecule has 0 saturated heterocycles. The van der Waals surface area contributed by atoms with Gasteiger partial charge in [-0.15, -0.1) is 0 Å². The molecule has 0 spiro atoms. The van der Waals surface area contributed by atoms with Crippen molar-refractivity contribution in [1.29, 1.82) is 0 Å². The first-order chi connectivity index (χ1) is 10.6. The number of H-pyrrole nitrogens is 1. The van der Waals surface area contributed by atoms with Crippen LogP contribution in [0.4, 0.5) is 0 Å². The summed E-state index contributed by atoms with van der Waals surface area (Å²) in [6.45, 7) is 4.91. The van der Waals surface area contributed by atoms with Crippen molar-refractivity contribution in [3.8, 4) is 0 Å². The van der Waals surface area contributed by atoms with E-state index in [4.69, 9.17) is 0 Å². The molecule has 0 aliphatic carbocycles. The third-order valence-electron chi connectivity index (χ3n) is 3.76. The Hall–Kier alpha value is -2.36. The van der Waals surface area contributed by atoms with Gasteiger partial charge < -0.3 is 10.3 Å². The predicted molar refractivity (Wildman–Crippen MR) is 89.8 cm³/mol. The summed E-state index contributed by atoms with van der Waals surface area (Å²) in [7, 11) is 0. The van der Waals surface area contributed by atoms with Gasteiger partial charge in [0.25, 0.3) is 0 Å². The lowest BCUT2D eigenvalue weighted by Crippen LogP contribution is -2.27. The van der Waals surface area contributed by atoms with Gasteiger partial charge in [0.1, 0.15) is 0 Å². The van der Waals surface area contributed by atoms with Gasteiger partial charge in [0.2, 0.25) is 5.91 Å². The fourth-order valence-corrected chi connectivity index (χ4v) is 2.58. The Bertz CT molecular complexity index is 804. The van der Waals surface area contributed by atoms with Crippen LogP contribution in [0.2, 0.25) is 0 Å². The van der Waals surface area contributed by atoms with E-state index in [0.717, 1.165) is 23.3 Å². The molecule has 2 aromatic heterocycles. The van der Waals surface area contributed by atoms with E-state index in [0.29, 0.717) is 18.8 Å². The van der Waals surface area contributed by atoms with Crippen molar-refractivity contribution in [2.45, 2.75) is 26.7 Å². The van der Waals surface area contributed by atoms with Crippen LogP contribution in [-0.2, 0) is 11.2 Å². The molecule has 3 aromatic rings. The highest BCUT2D eigenvalue weighted by atomic mass is 16.1. The fourth-order valence-electron chi connectivity index (χ4n) is 2.58. The summed E-state index contributed by atoms with van der Waals surface area (Å²) in [4.78, 5) is 19.6. The van der Waals surface area contributed by atoms with Crippen molar-refractivity contribution in [1.82, 2.24) is 15.3 Å². The monoisotopic (exact) mass is 295 g/mol. The molecular formula is C18H21N3O. The van der Waals surface area contributed by atoms with Crippen molar-refractivity contribution in [3.05, 3.63) is 42.2 Å². The minimum absolute atomic E-state index is 0.0922. The SMILES string of the molecule is CC(C)CNC(=O)CCc1cc2c(cn1)[nH]c1ccccc12. The maximum Gasteiger partial charge on any atom is 0.220 e. The fraction of sp³-hybridized carbons (Fsp3) is 0.333. The van der Waals surface area contributed by atoms with E-state index in [9.17, 15) is 4.79 Å². The van der Waals surface area contributed by atoms with Crippen LogP contribution in [0.1, 0.15) is 26.0 Å². The average Bonchev–Trinajstić information content (AvgIpc) is 2.89. The molecule has 2 N–H and O–H groups in total. The van der Waals surface area contributed by atoms with Gasteiger partial charge in [0, 0.05) is 34.9 Å². The molecule has 2 heterocycles. The molecule has 3 rings (SSSR count). The number of aryl methyl sites for hydroxylation is 1. The third kappa shape index (κ3) is 3.11. The summed E-state index contributed by atoms with van der Waals surface area (Å²) in [5.74, 6) is 0.569. The molecule has 1 amide bonds. The first-order valence-electron chi connectivity index (χ1n) is 7.75. The van der Waals surface area contributed by atoms with E-state index in [-0.39, 0.29) is 5.91 Å². The molecule has 4 heteroatoms. The average molecular weight is 295 g/mol. The summed E-state index contributed by atoms with van der Waals surface area (Å²) in [6, 6.07) is 10.3. The number of nitrogens with one attached hydrogen (secondary N) is 2. The van der Waals surface area contributed by atoms with Gasteiger partial charge in [-0.2, -0.15) is 0 Å². The Morgan fingerprint density at radius 3 is 2.86 bits per heavy atom. The van der Waals surface area contributed by atoms with E-state index in [1.165, 1.54) is 10.8 Å². The van der Waals surface area contributed by atoms with Gasteiger partial charge in [-0.25, -0.2) is 0 Å². The van der Waals surface area contributed by atoms with Crippen molar-refractivity contribution in [2.75, 3.05) is 6.54 Å². The predicted octanol–water partition coefficient (Wildman–Crippen LogP) is 3.42. The van der Waals surface area contributed by atoms with E-state index in [1.54, 1.807) is 0 Å². The van der Waals surface area contributed by atoms with Gasteiger partial charge >= 0.3 is 0 Å². The number of nitrogens with zero attached hydrogens (tertiary/aromatic N) is 1. The molecule has 0 unspecified atom stereocenters. The zero-order chi connectivity index (χ0) is 15.5. The first kappa shape index (κ1) is 14.6. The van der Waals surface area contributed by atoms with E-state index in [2.05, 4.69) is 47.3 Å². The molecule has 0 saturated carbocycles. The van der Waals surface area contributed by atoms with Crippen LogP contribution < -0.4 is 5.32 Å². The molecule has 4 nitrogen and oxygen atoms in total. The van der Waals surface area contributed by atoms with Crippen LogP contribution in [0.15, 0.2) is 36.5 Å². The molecule has 0 radical (unpaired) electrons. The number of fused-ring (bicyclic) bond motifs is 3. The number of aromatic amines is 1. The maximum atomic E-state index is 11.8. The molecule has 114 valence electrons.